The van der Waals surface area contributed by atoms with Gasteiger partial charge in [0.15, 0.2) is 0 Å². The molecular formula is C17H20N4O3. The molecule has 1 unspecified atom stereocenters. The highest BCUT2D eigenvalue weighted by atomic mass is 16.2. The van der Waals surface area contributed by atoms with Crippen molar-refractivity contribution in [3.8, 4) is 0 Å². The fourth-order valence-electron chi connectivity index (χ4n) is 4.02. The maximum Gasteiger partial charge on any atom is 0.322 e. The Bertz CT molecular complexity index is 734. The average molecular weight is 328 g/mol. The van der Waals surface area contributed by atoms with E-state index < -0.39 is 11.6 Å². The topological polar surface area (TPSA) is 90.5 Å². The largest absolute Gasteiger partial charge is 0.334 e. The number of amides is 5. The minimum atomic E-state index is -0.960. The first-order chi connectivity index (χ1) is 11.5. The summed E-state index contributed by atoms with van der Waals surface area (Å²) in [5.74, 6) is -0.0827. The molecule has 0 saturated carbocycles. The van der Waals surface area contributed by atoms with Gasteiger partial charge < -0.3 is 15.5 Å². The Labute approximate surface area is 139 Å². The fourth-order valence-corrected chi connectivity index (χ4v) is 4.02. The summed E-state index contributed by atoms with van der Waals surface area (Å²) in [7, 11) is 0. The molecule has 7 nitrogen and oxygen atoms in total. The highest BCUT2D eigenvalue weighted by molar-refractivity contribution is 6.07. The molecule has 5 amide bonds. The van der Waals surface area contributed by atoms with Gasteiger partial charge >= 0.3 is 12.1 Å². The Morgan fingerprint density at radius 3 is 2.83 bits per heavy atom. The molecule has 2 heterocycles. The first-order valence-electron chi connectivity index (χ1n) is 8.25. The third kappa shape index (κ3) is 2.23. The van der Waals surface area contributed by atoms with Gasteiger partial charge in [0.2, 0.25) is 0 Å². The van der Waals surface area contributed by atoms with Crippen molar-refractivity contribution in [1.29, 1.82) is 0 Å². The number of nitrogens with one attached hydrogen (secondary N) is 3. The maximum atomic E-state index is 12.6. The van der Waals surface area contributed by atoms with Crippen LogP contribution >= 0.6 is 0 Å². The number of urea groups is 2. The van der Waals surface area contributed by atoms with E-state index in [1.807, 2.05) is 12.1 Å². The van der Waals surface area contributed by atoms with Crippen molar-refractivity contribution in [1.82, 2.24) is 20.9 Å². The lowest BCUT2D eigenvalue weighted by atomic mass is 9.99. The normalized spacial score (nSPS) is 31.1. The van der Waals surface area contributed by atoms with E-state index in [1.54, 1.807) is 4.90 Å². The van der Waals surface area contributed by atoms with E-state index in [2.05, 4.69) is 35.0 Å². The Hall–Kier alpha value is -2.57. The number of carbonyl (C=O) groups excluding carboxylic acids is 3. The van der Waals surface area contributed by atoms with Gasteiger partial charge in [0.25, 0.3) is 5.91 Å². The zero-order valence-electron chi connectivity index (χ0n) is 13.5. The fraction of sp³-hybridized carbons (Fsp3) is 0.471. The van der Waals surface area contributed by atoms with Crippen molar-refractivity contribution in [2.24, 2.45) is 0 Å². The highest BCUT2D eigenvalue weighted by Gasteiger charge is 2.51. The van der Waals surface area contributed by atoms with Gasteiger partial charge in [-0.1, -0.05) is 31.2 Å². The molecule has 3 N–H and O–H groups in total. The Kier molecular flexibility index (Phi) is 3.26. The first kappa shape index (κ1) is 15.0. The number of rotatable bonds is 1. The van der Waals surface area contributed by atoms with E-state index in [9.17, 15) is 14.4 Å². The van der Waals surface area contributed by atoms with Crippen LogP contribution in [-0.4, -0.2) is 47.5 Å². The van der Waals surface area contributed by atoms with Crippen molar-refractivity contribution < 1.29 is 14.4 Å². The molecule has 0 aromatic heterocycles. The van der Waals surface area contributed by atoms with Crippen LogP contribution in [0.25, 0.3) is 0 Å². The van der Waals surface area contributed by atoms with Gasteiger partial charge in [-0.3, -0.25) is 10.1 Å². The summed E-state index contributed by atoms with van der Waals surface area (Å²) in [5.41, 5.74) is 1.59. The minimum Gasteiger partial charge on any atom is -0.334 e. The van der Waals surface area contributed by atoms with Crippen LogP contribution < -0.4 is 16.0 Å². The van der Waals surface area contributed by atoms with Gasteiger partial charge in [0, 0.05) is 18.5 Å². The molecule has 24 heavy (non-hydrogen) atoms. The quantitative estimate of drug-likeness (QED) is 0.663. The first-order valence-corrected chi connectivity index (χ1v) is 8.25. The molecule has 1 aliphatic carbocycles. The molecule has 3 atom stereocenters. The molecule has 2 aliphatic heterocycles. The van der Waals surface area contributed by atoms with Crippen LogP contribution in [0.4, 0.5) is 9.59 Å². The van der Waals surface area contributed by atoms with Crippen molar-refractivity contribution in [3.63, 3.8) is 0 Å². The van der Waals surface area contributed by atoms with Crippen molar-refractivity contribution in [3.05, 3.63) is 35.4 Å². The number of likely N-dealkylation sites (tertiary alicyclic amines) is 1. The van der Waals surface area contributed by atoms with E-state index in [1.165, 1.54) is 11.1 Å². The number of hydrogen-bond acceptors (Lipinski definition) is 3. The summed E-state index contributed by atoms with van der Waals surface area (Å²) >= 11 is 0. The van der Waals surface area contributed by atoms with E-state index in [0.717, 1.165) is 6.42 Å². The number of benzene rings is 1. The predicted molar refractivity (Wildman–Crippen MR) is 86.5 cm³/mol. The zero-order chi connectivity index (χ0) is 16.9. The second kappa shape index (κ2) is 5.22. The molecule has 2 saturated heterocycles. The van der Waals surface area contributed by atoms with Crippen LogP contribution in [0.2, 0.25) is 0 Å². The summed E-state index contributed by atoms with van der Waals surface area (Å²) in [6.07, 6.45) is 1.26. The number of imide groups is 1. The molecule has 1 aromatic carbocycles. The van der Waals surface area contributed by atoms with Gasteiger partial charge in [0.1, 0.15) is 5.54 Å². The Morgan fingerprint density at radius 2 is 2.12 bits per heavy atom. The number of fused-ring (bicyclic) bond motifs is 1. The number of nitrogens with zero attached hydrogens (tertiary/aromatic N) is 1. The summed E-state index contributed by atoms with van der Waals surface area (Å²) in [5, 5.41) is 8.01. The molecule has 1 spiro atoms. The van der Waals surface area contributed by atoms with Gasteiger partial charge in [-0.05, 0) is 24.0 Å². The van der Waals surface area contributed by atoms with Crippen molar-refractivity contribution >= 4 is 18.0 Å². The zero-order valence-corrected chi connectivity index (χ0v) is 13.5. The second-order valence-corrected chi connectivity index (χ2v) is 6.91. The molecule has 126 valence electrons. The summed E-state index contributed by atoms with van der Waals surface area (Å²) in [6.45, 7) is 2.78. The summed E-state index contributed by atoms with van der Waals surface area (Å²) in [6, 6.07) is 7.63. The monoisotopic (exact) mass is 328 g/mol. The standard InChI is InChI=1S/C17H20N4O3/c1-10-12-5-3-2-4-11(12)8-13(10)18-16(24)21-7-6-17(9-21)14(22)19-15(23)20-17/h2-5,10,13H,6-9H2,1H3,(H,18,24)(H2,19,20,22,23)/t10-,13+,17?/m0/s1. The maximum absolute atomic E-state index is 12.6. The Morgan fingerprint density at radius 1 is 1.33 bits per heavy atom. The lowest BCUT2D eigenvalue weighted by Gasteiger charge is -2.24. The van der Waals surface area contributed by atoms with Crippen LogP contribution in [0.3, 0.4) is 0 Å². The molecule has 2 fully saturated rings. The van der Waals surface area contributed by atoms with Gasteiger partial charge in [-0.15, -0.1) is 0 Å². The highest BCUT2D eigenvalue weighted by Crippen LogP contribution is 2.33. The van der Waals surface area contributed by atoms with Crippen molar-refractivity contribution in [2.45, 2.75) is 37.3 Å². The third-order valence-corrected chi connectivity index (χ3v) is 5.47. The Balaban J connectivity index is 1.42. The molecule has 4 rings (SSSR count). The molecular weight excluding hydrogens is 308 g/mol. The van der Waals surface area contributed by atoms with Gasteiger partial charge in [-0.2, -0.15) is 0 Å². The molecule has 0 bridgehead atoms. The smallest absolute Gasteiger partial charge is 0.322 e. The van der Waals surface area contributed by atoms with E-state index in [0.29, 0.717) is 13.0 Å². The minimum absolute atomic E-state index is 0.0541. The third-order valence-electron chi connectivity index (χ3n) is 5.47. The second-order valence-electron chi connectivity index (χ2n) is 6.91. The summed E-state index contributed by atoms with van der Waals surface area (Å²) in [4.78, 5) is 37.6. The molecule has 0 radical (unpaired) electrons. The van der Waals surface area contributed by atoms with Crippen LogP contribution in [0.1, 0.15) is 30.4 Å². The van der Waals surface area contributed by atoms with Crippen LogP contribution in [0.15, 0.2) is 24.3 Å². The van der Waals surface area contributed by atoms with E-state index in [4.69, 9.17) is 0 Å². The molecule has 1 aromatic rings. The lowest BCUT2D eigenvalue weighted by molar-refractivity contribution is -0.123. The lowest BCUT2D eigenvalue weighted by Crippen LogP contribution is -2.52. The summed E-state index contributed by atoms with van der Waals surface area (Å²) < 4.78 is 0. The van der Waals surface area contributed by atoms with Gasteiger partial charge in [0.05, 0.1) is 6.54 Å². The van der Waals surface area contributed by atoms with Crippen LogP contribution in [0, 0.1) is 0 Å². The van der Waals surface area contributed by atoms with Gasteiger partial charge in [-0.25, -0.2) is 9.59 Å². The predicted octanol–water partition coefficient (Wildman–Crippen LogP) is 0.708. The van der Waals surface area contributed by atoms with E-state index in [-0.39, 0.29) is 30.4 Å². The average Bonchev–Trinajstić information content (AvgIpc) is 3.19. The molecule has 7 heteroatoms. The number of carbonyl (C=O) groups is 3. The van der Waals surface area contributed by atoms with Crippen LogP contribution in [0.5, 0.6) is 0 Å². The number of hydrogen-bond donors (Lipinski definition) is 3. The van der Waals surface area contributed by atoms with E-state index >= 15 is 0 Å². The van der Waals surface area contributed by atoms with Crippen molar-refractivity contribution in [2.75, 3.05) is 13.1 Å². The van der Waals surface area contributed by atoms with Crippen LogP contribution in [-0.2, 0) is 11.2 Å². The SMILES string of the molecule is C[C@H]1c2ccccc2C[C@H]1NC(=O)N1CCC2(C1)NC(=O)NC2=O. The molecule has 3 aliphatic rings.